The second kappa shape index (κ2) is 5.45. The highest BCUT2D eigenvalue weighted by Gasteiger charge is 2.24. The number of nitrogens with zero attached hydrogens (tertiary/aromatic N) is 1. The maximum absolute atomic E-state index is 13.3. The normalized spacial score (nSPS) is 13.0. The van der Waals surface area contributed by atoms with Crippen LogP contribution in [0.5, 0.6) is 0 Å². The summed E-state index contributed by atoms with van der Waals surface area (Å²) in [6, 6.07) is 0.988. The third-order valence-corrected chi connectivity index (χ3v) is 4.13. The Morgan fingerprint density at radius 2 is 2.11 bits per heavy atom. The average molecular weight is 288 g/mol. The molecule has 0 aliphatic rings. The Balaban J connectivity index is 3.38. The minimum atomic E-state index is -3.97. The first-order valence-corrected chi connectivity index (χ1v) is 6.76. The Hall–Kier alpha value is -1.80. The van der Waals surface area contributed by atoms with E-state index in [4.69, 9.17) is 0 Å². The maximum Gasteiger partial charge on any atom is 0.306 e. The monoisotopic (exact) mass is 288 g/mol. The molecule has 1 aromatic carbocycles. The molecule has 0 aliphatic heterocycles. The molecule has 1 N–H and O–H groups in total. The van der Waals surface area contributed by atoms with Gasteiger partial charge in [0.1, 0.15) is 0 Å². The first-order chi connectivity index (χ1) is 8.69. The van der Waals surface area contributed by atoms with Gasteiger partial charge in [-0.1, -0.05) is 6.08 Å². The molecule has 0 radical (unpaired) electrons. The molecule has 1 aromatic rings. The van der Waals surface area contributed by atoms with Crippen molar-refractivity contribution in [2.75, 3.05) is 0 Å². The highest BCUT2D eigenvalue weighted by Crippen LogP contribution is 2.25. The number of hydrogen-bond acceptors (Lipinski definition) is 4. The second-order valence-electron chi connectivity index (χ2n) is 3.97. The molecule has 8 heteroatoms. The summed E-state index contributed by atoms with van der Waals surface area (Å²) in [6.45, 7) is 6.34. The molecule has 0 amide bonds. The zero-order valence-electron chi connectivity index (χ0n) is 10.4. The van der Waals surface area contributed by atoms with Gasteiger partial charge < -0.3 is 0 Å². The lowest BCUT2D eigenvalue weighted by Gasteiger charge is -2.12. The fourth-order valence-electron chi connectivity index (χ4n) is 1.43. The molecule has 0 saturated carbocycles. The van der Waals surface area contributed by atoms with Crippen molar-refractivity contribution in [3.63, 3.8) is 0 Å². The topological polar surface area (TPSA) is 89.3 Å². The van der Waals surface area contributed by atoms with Crippen LogP contribution in [0.4, 0.5) is 10.1 Å². The lowest BCUT2D eigenvalue weighted by atomic mass is 10.2. The van der Waals surface area contributed by atoms with Gasteiger partial charge in [0.25, 0.3) is 0 Å². The van der Waals surface area contributed by atoms with Crippen LogP contribution in [0.15, 0.2) is 29.7 Å². The molecule has 104 valence electrons. The Labute approximate surface area is 110 Å². The van der Waals surface area contributed by atoms with E-state index in [9.17, 15) is 22.9 Å². The van der Waals surface area contributed by atoms with E-state index in [0.29, 0.717) is 6.07 Å². The zero-order chi connectivity index (χ0) is 14.8. The molecule has 1 atom stereocenters. The van der Waals surface area contributed by atoms with Gasteiger partial charge in [0, 0.05) is 12.1 Å². The van der Waals surface area contributed by atoms with E-state index < -0.39 is 32.5 Å². The van der Waals surface area contributed by atoms with Crippen LogP contribution in [-0.2, 0) is 10.0 Å². The molecule has 0 heterocycles. The highest BCUT2D eigenvalue weighted by molar-refractivity contribution is 7.89. The van der Waals surface area contributed by atoms with Crippen molar-refractivity contribution in [2.45, 2.75) is 24.8 Å². The summed E-state index contributed by atoms with van der Waals surface area (Å²) in [6.07, 6.45) is 1.37. The number of nitro groups is 1. The van der Waals surface area contributed by atoms with Gasteiger partial charge in [-0.05, 0) is 25.5 Å². The molecular formula is C11H13FN2O4S. The molecule has 0 aromatic heterocycles. The lowest BCUT2D eigenvalue weighted by Crippen LogP contribution is -2.31. The van der Waals surface area contributed by atoms with E-state index in [1.807, 2.05) is 0 Å². The molecule has 6 nitrogen and oxygen atoms in total. The van der Waals surface area contributed by atoms with E-state index in [2.05, 4.69) is 11.3 Å². The smallest absolute Gasteiger partial charge is 0.258 e. The fourth-order valence-corrected chi connectivity index (χ4v) is 2.89. The summed E-state index contributed by atoms with van der Waals surface area (Å²) in [5.41, 5.74) is -0.788. The van der Waals surface area contributed by atoms with Crippen LogP contribution in [0.25, 0.3) is 0 Å². The number of rotatable bonds is 5. The number of nitrogens with one attached hydrogen (secondary N) is 1. The summed E-state index contributed by atoms with van der Waals surface area (Å²) >= 11 is 0. The van der Waals surface area contributed by atoms with E-state index in [1.54, 1.807) is 6.92 Å². The minimum absolute atomic E-state index is 0.0897. The molecule has 0 bridgehead atoms. The van der Waals surface area contributed by atoms with E-state index in [-0.39, 0.29) is 10.5 Å². The lowest BCUT2D eigenvalue weighted by molar-refractivity contribution is -0.387. The predicted octanol–water partition coefficient (Wildman–Crippen LogP) is 1.90. The van der Waals surface area contributed by atoms with Crippen molar-refractivity contribution >= 4 is 15.7 Å². The van der Waals surface area contributed by atoms with Gasteiger partial charge in [-0.2, -0.15) is 4.39 Å². The first kappa shape index (κ1) is 15.3. The summed E-state index contributed by atoms with van der Waals surface area (Å²) in [7, 11) is -3.97. The van der Waals surface area contributed by atoms with E-state index in [1.165, 1.54) is 13.0 Å². The quantitative estimate of drug-likeness (QED) is 0.509. The van der Waals surface area contributed by atoms with Crippen LogP contribution in [0.2, 0.25) is 0 Å². The van der Waals surface area contributed by atoms with E-state index >= 15 is 0 Å². The van der Waals surface area contributed by atoms with E-state index in [0.717, 1.165) is 6.07 Å². The van der Waals surface area contributed by atoms with Gasteiger partial charge in [-0.25, -0.2) is 13.1 Å². The summed E-state index contributed by atoms with van der Waals surface area (Å²) in [4.78, 5) is 9.33. The van der Waals surface area contributed by atoms with Crippen molar-refractivity contribution in [1.82, 2.24) is 4.72 Å². The minimum Gasteiger partial charge on any atom is -0.258 e. The molecule has 19 heavy (non-hydrogen) atoms. The number of aryl methyl sites for hydroxylation is 1. The highest BCUT2D eigenvalue weighted by atomic mass is 32.2. The number of sulfonamides is 1. The van der Waals surface area contributed by atoms with Gasteiger partial charge in [0.15, 0.2) is 0 Å². The van der Waals surface area contributed by atoms with Crippen molar-refractivity contribution in [1.29, 1.82) is 0 Å². The largest absolute Gasteiger partial charge is 0.306 e. The van der Waals surface area contributed by atoms with Crippen LogP contribution >= 0.6 is 0 Å². The number of benzene rings is 1. The molecule has 0 spiro atoms. The van der Waals surface area contributed by atoms with Gasteiger partial charge in [0.05, 0.1) is 9.82 Å². The van der Waals surface area contributed by atoms with Crippen molar-refractivity contribution in [3.8, 4) is 0 Å². The van der Waals surface area contributed by atoms with Crippen molar-refractivity contribution < 1.29 is 17.7 Å². The Bertz CT molecular complexity index is 628. The molecule has 0 fully saturated rings. The SMILES string of the molecule is C=CC(C)NS(=O)(=O)c1cc([N+](=O)[O-])c(F)cc1C. The summed E-state index contributed by atoms with van der Waals surface area (Å²) in [5, 5.41) is 10.6. The van der Waals surface area contributed by atoms with Gasteiger partial charge >= 0.3 is 5.69 Å². The first-order valence-electron chi connectivity index (χ1n) is 5.28. The van der Waals surface area contributed by atoms with Crippen LogP contribution < -0.4 is 4.72 Å². The molecule has 1 unspecified atom stereocenters. The fraction of sp³-hybridized carbons (Fsp3) is 0.273. The van der Waals surface area contributed by atoms with Gasteiger partial charge in [0.2, 0.25) is 15.8 Å². The van der Waals surface area contributed by atoms with Gasteiger partial charge in [-0.15, -0.1) is 6.58 Å². The standard InChI is InChI=1S/C11H13FN2O4S/c1-4-8(3)13-19(17,18)11-6-10(14(15)16)9(12)5-7(11)2/h4-6,8,13H,1H2,2-3H3. The zero-order valence-corrected chi connectivity index (χ0v) is 11.2. The second-order valence-corrected chi connectivity index (χ2v) is 5.65. The van der Waals surface area contributed by atoms with Crippen molar-refractivity contribution in [3.05, 3.63) is 46.3 Å². The van der Waals surface area contributed by atoms with Crippen LogP contribution in [0, 0.1) is 22.9 Å². The maximum atomic E-state index is 13.3. The number of nitro benzene ring substituents is 1. The summed E-state index contributed by atoms with van der Waals surface area (Å²) in [5.74, 6) is -1.07. The Morgan fingerprint density at radius 1 is 1.53 bits per heavy atom. The van der Waals surface area contributed by atoms with Crippen LogP contribution in [-0.4, -0.2) is 19.4 Å². The number of hydrogen-bond donors (Lipinski definition) is 1. The molecule has 1 rings (SSSR count). The molecular weight excluding hydrogens is 275 g/mol. The summed E-state index contributed by atoms with van der Waals surface area (Å²) < 4.78 is 39.6. The Morgan fingerprint density at radius 3 is 2.58 bits per heavy atom. The Kier molecular flexibility index (Phi) is 4.38. The predicted molar refractivity (Wildman–Crippen MR) is 67.8 cm³/mol. The third kappa shape index (κ3) is 3.36. The molecule has 0 aliphatic carbocycles. The number of halogens is 1. The average Bonchev–Trinajstić information content (AvgIpc) is 2.27. The molecule has 0 saturated heterocycles. The van der Waals surface area contributed by atoms with Crippen molar-refractivity contribution in [2.24, 2.45) is 0 Å². The van der Waals surface area contributed by atoms with Gasteiger partial charge in [-0.3, -0.25) is 10.1 Å². The van der Waals surface area contributed by atoms with Crippen LogP contribution in [0.3, 0.4) is 0 Å². The van der Waals surface area contributed by atoms with Crippen LogP contribution in [0.1, 0.15) is 12.5 Å². The third-order valence-electron chi connectivity index (χ3n) is 2.43.